The molecular weight excluding hydrogens is 248 g/mol. The second-order valence-corrected chi connectivity index (χ2v) is 5.56. The van der Waals surface area contributed by atoms with Crippen LogP contribution in [-0.4, -0.2) is 33.7 Å². The number of nitrogens with zero attached hydrogens (tertiary/aromatic N) is 3. The topological polar surface area (TPSA) is 44.8 Å². The minimum atomic E-state index is 0.984. The molecule has 20 heavy (non-hydrogen) atoms. The average Bonchev–Trinajstić information content (AvgIpc) is 2.73. The van der Waals surface area contributed by atoms with Crippen LogP contribution in [0.3, 0.4) is 0 Å². The van der Waals surface area contributed by atoms with Gasteiger partial charge in [0.15, 0.2) is 0 Å². The maximum absolute atomic E-state index is 4.25. The van der Waals surface area contributed by atoms with E-state index in [1.807, 2.05) is 12.4 Å². The number of aromatic nitrogens is 3. The Kier molecular flexibility index (Phi) is 4.90. The first-order valence-corrected chi connectivity index (χ1v) is 7.16. The molecule has 0 aromatic carbocycles. The van der Waals surface area contributed by atoms with Crippen LogP contribution in [0.5, 0.6) is 0 Å². The fourth-order valence-corrected chi connectivity index (χ4v) is 2.52. The SMILES string of the molecule is Cc1cnccc1CN(C)CCCc1c(C)n[nH]c1C. The highest BCUT2D eigenvalue weighted by Crippen LogP contribution is 2.13. The van der Waals surface area contributed by atoms with Crippen molar-refractivity contribution in [2.75, 3.05) is 13.6 Å². The molecule has 4 nitrogen and oxygen atoms in total. The highest BCUT2D eigenvalue weighted by atomic mass is 15.1. The molecule has 2 heterocycles. The molecule has 0 aliphatic rings. The number of nitrogens with one attached hydrogen (secondary N) is 1. The molecule has 0 fully saturated rings. The van der Waals surface area contributed by atoms with Gasteiger partial charge in [-0.1, -0.05) is 0 Å². The second-order valence-electron chi connectivity index (χ2n) is 5.56. The Morgan fingerprint density at radius 3 is 2.70 bits per heavy atom. The fraction of sp³-hybridized carbons (Fsp3) is 0.500. The maximum Gasteiger partial charge on any atom is 0.0625 e. The molecule has 0 radical (unpaired) electrons. The monoisotopic (exact) mass is 272 g/mol. The van der Waals surface area contributed by atoms with Crippen molar-refractivity contribution in [2.24, 2.45) is 0 Å². The lowest BCUT2D eigenvalue weighted by molar-refractivity contribution is 0.321. The van der Waals surface area contributed by atoms with Crippen LogP contribution in [-0.2, 0) is 13.0 Å². The van der Waals surface area contributed by atoms with Crippen molar-refractivity contribution in [3.05, 3.63) is 46.5 Å². The fourth-order valence-electron chi connectivity index (χ4n) is 2.52. The first-order valence-electron chi connectivity index (χ1n) is 7.16. The number of hydrogen-bond donors (Lipinski definition) is 1. The van der Waals surface area contributed by atoms with E-state index >= 15 is 0 Å². The van der Waals surface area contributed by atoms with Gasteiger partial charge in [0.1, 0.15) is 0 Å². The summed E-state index contributed by atoms with van der Waals surface area (Å²) in [4.78, 5) is 6.51. The molecule has 2 aromatic heterocycles. The van der Waals surface area contributed by atoms with Gasteiger partial charge in [0.05, 0.1) is 5.69 Å². The molecule has 0 spiro atoms. The Morgan fingerprint density at radius 2 is 2.05 bits per heavy atom. The molecule has 0 unspecified atom stereocenters. The lowest BCUT2D eigenvalue weighted by Crippen LogP contribution is -2.20. The Morgan fingerprint density at radius 1 is 1.25 bits per heavy atom. The molecule has 1 N–H and O–H groups in total. The Bertz CT molecular complexity index is 540. The van der Waals surface area contributed by atoms with Crippen LogP contribution >= 0.6 is 0 Å². The van der Waals surface area contributed by atoms with Gasteiger partial charge in [-0.2, -0.15) is 5.10 Å². The van der Waals surface area contributed by atoms with Crippen molar-refractivity contribution in [1.29, 1.82) is 0 Å². The van der Waals surface area contributed by atoms with Gasteiger partial charge in [-0.3, -0.25) is 10.1 Å². The van der Waals surface area contributed by atoms with Crippen LogP contribution in [0.25, 0.3) is 0 Å². The van der Waals surface area contributed by atoms with Crippen LogP contribution in [0.1, 0.15) is 34.5 Å². The molecule has 4 heteroatoms. The van der Waals surface area contributed by atoms with Crippen LogP contribution in [0, 0.1) is 20.8 Å². The number of hydrogen-bond acceptors (Lipinski definition) is 3. The van der Waals surface area contributed by atoms with Crippen molar-refractivity contribution in [1.82, 2.24) is 20.1 Å². The van der Waals surface area contributed by atoms with Crippen molar-refractivity contribution >= 4 is 0 Å². The van der Waals surface area contributed by atoms with Crippen molar-refractivity contribution in [3.63, 3.8) is 0 Å². The van der Waals surface area contributed by atoms with E-state index in [9.17, 15) is 0 Å². The zero-order valence-corrected chi connectivity index (χ0v) is 12.9. The standard InChI is InChI=1S/C16H24N4/c1-12-10-17-8-7-15(12)11-20(4)9-5-6-16-13(2)18-19-14(16)3/h7-8,10H,5-6,9,11H2,1-4H3,(H,18,19). The molecule has 108 valence electrons. The van der Waals surface area contributed by atoms with Crippen molar-refractivity contribution in [2.45, 2.75) is 40.2 Å². The number of pyridine rings is 1. The molecule has 0 saturated heterocycles. The summed E-state index contributed by atoms with van der Waals surface area (Å²) >= 11 is 0. The molecule has 0 aliphatic carbocycles. The van der Waals surface area contributed by atoms with E-state index in [0.29, 0.717) is 0 Å². The number of aromatic amines is 1. The minimum Gasteiger partial charge on any atom is -0.302 e. The van der Waals surface area contributed by atoms with E-state index in [1.54, 1.807) is 0 Å². The van der Waals surface area contributed by atoms with Crippen LogP contribution in [0.2, 0.25) is 0 Å². The third-order valence-corrected chi connectivity index (χ3v) is 3.82. The molecule has 0 saturated carbocycles. The number of H-pyrrole nitrogens is 1. The van der Waals surface area contributed by atoms with Gasteiger partial charge in [0.2, 0.25) is 0 Å². The lowest BCUT2D eigenvalue weighted by atomic mass is 10.1. The largest absolute Gasteiger partial charge is 0.302 e. The second kappa shape index (κ2) is 6.66. The van der Waals surface area contributed by atoms with Gasteiger partial charge in [0, 0.05) is 24.6 Å². The van der Waals surface area contributed by atoms with Gasteiger partial charge in [-0.05, 0) is 70.0 Å². The highest BCUT2D eigenvalue weighted by molar-refractivity contribution is 5.23. The molecule has 0 aliphatic heterocycles. The summed E-state index contributed by atoms with van der Waals surface area (Å²) in [7, 11) is 2.18. The van der Waals surface area contributed by atoms with Gasteiger partial charge in [-0.15, -0.1) is 0 Å². The molecule has 2 aromatic rings. The maximum atomic E-state index is 4.25. The zero-order chi connectivity index (χ0) is 14.5. The Labute approximate surface area is 121 Å². The van der Waals surface area contributed by atoms with Gasteiger partial charge in [0.25, 0.3) is 0 Å². The van der Waals surface area contributed by atoms with Crippen LogP contribution < -0.4 is 0 Å². The van der Waals surface area contributed by atoms with Gasteiger partial charge >= 0.3 is 0 Å². The summed E-state index contributed by atoms with van der Waals surface area (Å²) < 4.78 is 0. The minimum absolute atomic E-state index is 0.984. The molecular formula is C16H24N4. The predicted octanol–water partition coefficient (Wildman–Crippen LogP) is 2.79. The molecule has 0 amide bonds. The summed E-state index contributed by atoms with van der Waals surface area (Å²) in [6.07, 6.45) is 6.05. The zero-order valence-electron chi connectivity index (χ0n) is 12.9. The van der Waals surface area contributed by atoms with E-state index in [4.69, 9.17) is 0 Å². The lowest BCUT2D eigenvalue weighted by Gasteiger charge is -2.17. The van der Waals surface area contributed by atoms with E-state index in [0.717, 1.165) is 31.6 Å². The Balaban J connectivity index is 1.81. The van der Waals surface area contributed by atoms with Gasteiger partial charge < -0.3 is 4.90 Å². The highest BCUT2D eigenvalue weighted by Gasteiger charge is 2.07. The smallest absolute Gasteiger partial charge is 0.0625 e. The third-order valence-electron chi connectivity index (χ3n) is 3.82. The summed E-state index contributed by atoms with van der Waals surface area (Å²) in [5, 5.41) is 7.30. The summed E-state index contributed by atoms with van der Waals surface area (Å²) in [5.74, 6) is 0. The van der Waals surface area contributed by atoms with E-state index < -0.39 is 0 Å². The normalized spacial score (nSPS) is 11.2. The van der Waals surface area contributed by atoms with E-state index in [1.165, 1.54) is 22.4 Å². The van der Waals surface area contributed by atoms with Crippen LogP contribution in [0.4, 0.5) is 0 Å². The molecule has 0 atom stereocenters. The van der Waals surface area contributed by atoms with E-state index in [-0.39, 0.29) is 0 Å². The Hall–Kier alpha value is -1.68. The van der Waals surface area contributed by atoms with Crippen molar-refractivity contribution < 1.29 is 0 Å². The predicted molar refractivity (Wildman–Crippen MR) is 81.7 cm³/mol. The number of rotatable bonds is 6. The summed E-state index contributed by atoms with van der Waals surface area (Å²) in [6, 6.07) is 2.11. The summed E-state index contributed by atoms with van der Waals surface area (Å²) in [6.45, 7) is 8.36. The summed E-state index contributed by atoms with van der Waals surface area (Å²) in [5.41, 5.74) is 6.34. The quantitative estimate of drug-likeness (QED) is 0.879. The van der Waals surface area contributed by atoms with Gasteiger partial charge in [-0.25, -0.2) is 0 Å². The third kappa shape index (κ3) is 3.67. The average molecular weight is 272 g/mol. The van der Waals surface area contributed by atoms with Crippen molar-refractivity contribution in [3.8, 4) is 0 Å². The van der Waals surface area contributed by atoms with E-state index in [2.05, 4.69) is 54.0 Å². The first kappa shape index (κ1) is 14.7. The first-order chi connectivity index (χ1) is 9.58. The molecule has 2 rings (SSSR count). The number of aryl methyl sites for hydroxylation is 3. The van der Waals surface area contributed by atoms with Crippen LogP contribution in [0.15, 0.2) is 18.5 Å². The molecule has 0 bridgehead atoms.